The van der Waals surface area contributed by atoms with E-state index in [0.717, 1.165) is 5.69 Å². The number of rotatable bonds is 3. The monoisotopic (exact) mass is 351 g/mol. The van der Waals surface area contributed by atoms with Crippen LogP contribution in [0.4, 0.5) is 0 Å². The molecule has 0 N–H and O–H groups in total. The van der Waals surface area contributed by atoms with Crippen molar-refractivity contribution in [1.82, 2.24) is 14.8 Å². The van der Waals surface area contributed by atoms with Gasteiger partial charge in [0, 0.05) is 16.3 Å². The maximum atomic E-state index is 11.5. The van der Waals surface area contributed by atoms with Crippen LogP contribution in [0.25, 0.3) is 16.7 Å². The first-order valence-corrected chi connectivity index (χ1v) is 7.64. The molecule has 2 aromatic heterocycles. The summed E-state index contributed by atoms with van der Waals surface area (Å²) in [6.07, 6.45) is 0. The summed E-state index contributed by atoms with van der Waals surface area (Å²) in [5.74, 6) is -1.17. The summed E-state index contributed by atoms with van der Waals surface area (Å²) in [7, 11) is 0. The van der Waals surface area contributed by atoms with Gasteiger partial charge in [-0.1, -0.05) is 25.4 Å². The van der Waals surface area contributed by atoms with Crippen LogP contribution < -0.4 is 34.7 Å². The number of nitrogens with zero attached hydrogens (tertiary/aromatic N) is 3. The van der Waals surface area contributed by atoms with Crippen LogP contribution in [0.1, 0.15) is 41.5 Å². The molecule has 0 saturated heterocycles. The van der Waals surface area contributed by atoms with Gasteiger partial charge in [-0.3, -0.25) is 0 Å². The van der Waals surface area contributed by atoms with Crippen LogP contribution in [0, 0.1) is 6.92 Å². The van der Waals surface area contributed by atoms with Crippen molar-refractivity contribution in [2.45, 2.75) is 26.7 Å². The molecular weight excluding hydrogens is 337 g/mol. The van der Waals surface area contributed by atoms with E-state index in [1.165, 1.54) is 6.07 Å². The van der Waals surface area contributed by atoms with Gasteiger partial charge in [0.15, 0.2) is 5.65 Å². The van der Waals surface area contributed by atoms with Gasteiger partial charge in [-0.25, -0.2) is 9.67 Å². The van der Waals surface area contributed by atoms with Gasteiger partial charge in [0.2, 0.25) is 0 Å². The standard InChI is InChI=1S/C17H16ClN3O2.Na/c1-9(2)15-14-13(17(22)23)8-10(3)19-16(14)21(20-15)12-6-4-11(18)5-7-12;/h4-9H,1-3H3,(H,22,23);/q;+1/p-1. The number of hydrogen-bond acceptors (Lipinski definition) is 4. The summed E-state index contributed by atoms with van der Waals surface area (Å²) in [6, 6.07) is 8.68. The maximum Gasteiger partial charge on any atom is 1.00 e. The van der Waals surface area contributed by atoms with Gasteiger partial charge in [0.25, 0.3) is 0 Å². The molecule has 2 heterocycles. The van der Waals surface area contributed by atoms with E-state index in [2.05, 4.69) is 10.1 Å². The van der Waals surface area contributed by atoms with Crippen LogP contribution in [-0.2, 0) is 0 Å². The zero-order chi connectivity index (χ0) is 16.7. The summed E-state index contributed by atoms with van der Waals surface area (Å²) in [5.41, 5.74) is 2.68. The number of carboxylic acids is 1. The van der Waals surface area contributed by atoms with E-state index >= 15 is 0 Å². The quantitative estimate of drug-likeness (QED) is 0.617. The Morgan fingerprint density at radius 3 is 2.42 bits per heavy atom. The van der Waals surface area contributed by atoms with Gasteiger partial charge in [-0.15, -0.1) is 0 Å². The van der Waals surface area contributed by atoms with Crippen LogP contribution in [-0.4, -0.2) is 20.7 Å². The minimum Gasteiger partial charge on any atom is -0.545 e. The molecule has 24 heavy (non-hydrogen) atoms. The topological polar surface area (TPSA) is 70.8 Å². The first kappa shape index (κ1) is 18.9. The maximum absolute atomic E-state index is 11.5. The predicted molar refractivity (Wildman–Crippen MR) is 87.0 cm³/mol. The fourth-order valence-electron chi connectivity index (χ4n) is 2.60. The zero-order valence-corrected chi connectivity index (χ0v) is 16.8. The zero-order valence-electron chi connectivity index (χ0n) is 14.0. The number of aromatic carboxylic acids is 1. The number of carbonyl (C=O) groups excluding carboxylic acids is 1. The number of aryl methyl sites for hydroxylation is 1. The Morgan fingerprint density at radius 1 is 1.25 bits per heavy atom. The fourth-order valence-corrected chi connectivity index (χ4v) is 2.72. The normalized spacial score (nSPS) is 10.9. The minimum absolute atomic E-state index is 0. The molecule has 0 atom stereocenters. The second-order valence-electron chi connectivity index (χ2n) is 5.73. The molecule has 0 aliphatic carbocycles. The number of carbonyl (C=O) groups is 1. The Balaban J connectivity index is 0.00000208. The van der Waals surface area contributed by atoms with E-state index in [1.807, 2.05) is 26.0 Å². The van der Waals surface area contributed by atoms with Crippen LogP contribution in [0.2, 0.25) is 5.02 Å². The van der Waals surface area contributed by atoms with Gasteiger partial charge >= 0.3 is 29.6 Å². The van der Waals surface area contributed by atoms with Crippen molar-refractivity contribution in [3.63, 3.8) is 0 Å². The molecule has 5 nitrogen and oxygen atoms in total. The molecule has 0 aliphatic heterocycles. The van der Waals surface area contributed by atoms with Gasteiger partial charge in [0.1, 0.15) is 0 Å². The van der Waals surface area contributed by atoms with Crippen molar-refractivity contribution in [2.75, 3.05) is 0 Å². The van der Waals surface area contributed by atoms with Crippen molar-refractivity contribution < 1.29 is 39.5 Å². The van der Waals surface area contributed by atoms with Crippen molar-refractivity contribution in [3.05, 3.63) is 52.3 Å². The van der Waals surface area contributed by atoms with Gasteiger partial charge in [0.05, 0.1) is 22.7 Å². The second kappa shape index (κ2) is 7.23. The van der Waals surface area contributed by atoms with Gasteiger partial charge in [-0.2, -0.15) is 5.10 Å². The van der Waals surface area contributed by atoms with Crippen LogP contribution >= 0.6 is 11.6 Å². The Bertz CT molecular complexity index is 904. The first-order chi connectivity index (χ1) is 10.9. The van der Waals surface area contributed by atoms with Crippen molar-refractivity contribution in [3.8, 4) is 5.69 Å². The Labute approximate surface area is 166 Å². The number of hydrogen-bond donors (Lipinski definition) is 0. The molecule has 0 aliphatic rings. The molecule has 3 aromatic rings. The smallest absolute Gasteiger partial charge is 0.545 e. The SMILES string of the molecule is Cc1cc(C(=O)[O-])c2c(C(C)C)nn(-c3ccc(Cl)cc3)c2n1.[Na+]. The summed E-state index contributed by atoms with van der Waals surface area (Å²) in [4.78, 5) is 16.0. The van der Waals surface area contributed by atoms with Crippen LogP contribution in [0.3, 0.4) is 0 Å². The van der Waals surface area contributed by atoms with E-state index in [0.29, 0.717) is 27.4 Å². The third-order valence-corrected chi connectivity index (χ3v) is 3.88. The third-order valence-electron chi connectivity index (χ3n) is 3.63. The average molecular weight is 352 g/mol. The first-order valence-electron chi connectivity index (χ1n) is 7.26. The molecule has 0 spiro atoms. The number of halogens is 1. The van der Waals surface area contributed by atoms with Gasteiger partial charge < -0.3 is 9.90 Å². The van der Waals surface area contributed by atoms with Crippen molar-refractivity contribution in [1.29, 1.82) is 0 Å². The third kappa shape index (κ3) is 3.35. The van der Waals surface area contributed by atoms with Crippen LogP contribution in [0.5, 0.6) is 0 Å². The Kier molecular flexibility index (Phi) is 5.71. The van der Waals surface area contributed by atoms with Gasteiger partial charge in [-0.05, 0) is 43.2 Å². The second-order valence-corrected chi connectivity index (χ2v) is 6.16. The Hall–Kier alpha value is -1.40. The summed E-state index contributed by atoms with van der Waals surface area (Å²) in [6.45, 7) is 5.68. The Morgan fingerprint density at radius 2 is 1.88 bits per heavy atom. The number of carboxylic acid groups (broad SMARTS) is 1. The van der Waals surface area contributed by atoms with E-state index in [4.69, 9.17) is 11.6 Å². The minimum atomic E-state index is -1.22. The largest absolute Gasteiger partial charge is 1.00 e. The summed E-state index contributed by atoms with van der Waals surface area (Å²) in [5, 5.41) is 17.3. The van der Waals surface area contributed by atoms with Crippen molar-refractivity contribution in [2.24, 2.45) is 0 Å². The molecule has 118 valence electrons. The number of benzene rings is 1. The summed E-state index contributed by atoms with van der Waals surface area (Å²) >= 11 is 5.93. The molecule has 7 heteroatoms. The molecule has 0 amide bonds. The van der Waals surface area contributed by atoms with Crippen molar-refractivity contribution >= 4 is 28.6 Å². The molecular formula is C17H15ClN3NaO2. The molecule has 0 fully saturated rings. The summed E-state index contributed by atoms with van der Waals surface area (Å²) < 4.78 is 1.65. The molecule has 1 aromatic carbocycles. The number of pyridine rings is 1. The molecule has 0 saturated carbocycles. The van der Waals surface area contributed by atoms with E-state index in [-0.39, 0.29) is 41.0 Å². The van der Waals surface area contributed by atoms with Crippen LogP contribution in [0.15, 0.2) is 30.3 Å². The average Bonchev–Trinajstić information content (AvgIpc) is 2.86. The van der Waals surface area contributed by atoms with E-state index in [9.17, 15) is 9.90 Å². The molecule has 0 bridgehead atoms. The molecule has 0 radical (unpaired) electrons. The molecule has 3 rings (SSSR count). The van der Waals surface area contributed by atoms with E-state index in [1.54, 1.807) is 23.7 Å². The van der Waals surface area contributed by atoms with E-state index < -0.39 is 5.97 Å². The molecule has 0 unspecified atom stereocenters. The number of aromatic nitrogens is 3. The number of fused-ring (bicyclic) bond motifs is 1. The fraction of sp³-hybridized carbons (Fsp3) is 0.235. The predicted octanol–water partition coefficient (Wildman–Crippen LogP) is -0.127.